The van der Waals surface area contributed by atoms with Crippen molar-refractivity contribution in [1.82, 2.24) is 15.1 Å². The largest absolute Gasteiger partial charge is 0.339 e. The van der Waals surface area contributed by atoms with Crippen molar-refractivity contribution in [2.24, 2.45) is 11.7 Å². The zero-order valence-corrected chi connectivity index (χ0v) is 14.1. The first-order valence-corrected chi connectivity index (χ1v) is 8.25. The number of anilines is 2. The summed E-state index contributed by atoms with van der Waals surface area (Å²) in [6.07, 6.45) is 0.971. The molecule has 0 aliphatic carbocycles. The number of carbonyl (C=O) groups is 1. The van der Waals surface area contributed by atoms with Crippen LogP contribution in [0.4, 0.5) is 11.5 Å². The average Bonchev–Trinajstić information content (AvgIpc) is 2.97. The molecule has 1 aromatic carbocycles. The molecule has 1 aliphatic rings. The molecule has 2 heterocycles. The van der Waals surface area contributed by atoms with Crippen LogP contribution in [0.2, 0.25) is 0 Å². The van der Waals surface area contributed by atoms with Crippen molar-refractivity contribution >= 4 is 17.4 Å². The van der Waals surface area contributed by atoms with Gasteiger partial charge in [-0.3, -0.25) is 4.79 Å². The fourth-order valence-electron chi connectivity index (χ4n) is 3.11. The number of amides is 1. The first kappa shape index (κ1) is 16.4. The lowest BCUT2D eigenvalue weighted by Gasteiger charge is -2.22. The van der Waals surface area contributed by atoms with Crippen molar-refractivity contribution in [1.29, 1.82) is 0 Å². The van der Waals surface area contributed by atoms with E-state index in [0.29, 0.717) is 23.8 Å². The third kappa shape index (κ3) is 3.54. The van der Waals surface area contributed by atoms with Crippen molar-refractivity contribution in [3.63, 3.8) is 0 Å². The molecule has 2 atom stereocenters. The van der Waals surface area contributed by atoms with Gasteiger partial charge in [0.05, 0.1) is 5.69 Å². The minimum Gasteiger partial charge on any atom is -0.339 e. The zero-order chi connectivity index (χ0) is 17.1. The summed E-state index contributed by atoms with van der Waals surface area (Å²) < 4.78 is 0. The number of aromatic nitrogens is 2. The number of nitrogens with two attached hydrogens (primary N) is 1. The van der Waals surface area contributed by atoms with Crippen LogP contribution in [0, 0.1) is 12.8 Å². The van der Waals surface area contributed by atoms with Gasteiger partial charge in [0, 0.05) is 23.8 Å². The number of nitrogens with zero attached hydrogens (tertiary/aromatic N) is 3. The van der Waals surface area contributed by atoms with Gasteiger partial charge in [0.2, 0.25) is 0 Å². The SMILES string of the molecule is Cc1ccc(Nc2cccc(C(=O)N3CC(CN)CC3C)c2)nn1. The Morgan fingerprint density at radius 3 is 2.83 bits per heavy atom. The molecule has 2 unspecified atom stereocenters. The van der Waals surface area contributed by atoms with E-state index in [-0.39, 0.29) is 11.9 Å². The number of likely N-dealkylation sites (tertiary alicyclic amines) is 1. The fourth-order valence-corrected chi connectivity index (χ4v) is 3.11. The summed E-state index contributed by atoms with van der Waals surface area (Å²) in [6, 6.07) is 11.5. The minimum atomic E-state index is 0.0529. The second-order valence-corrected chi connectivity index (χ2v) is 6.41. The highest BCUT2D eigenvalue weighted by Crippen LogP contribution is 2.25. The number of hydrogen-bond acceptors (Lipinski definition) is 5. The number of hydrogen-bond donors (Lipinski definition) is 2. The number of aryl methyl sites for hydroxylation is 1. The Hall–Kier alpha value is -2.47. The lowest BCUT2D eigenvalue weighted by molar-refractivity contribution is 0.0743. The second-order valence-electron chi connectivity index (χ2n) is 6.41. The second kappa shape index (κ2) is 6.97. The van der Waals surface area contributed by atoms with Gasteiger partial charge in [-0.2, -0.15) is 5.10 Å². The lowest BCUT2D eigenvalue weighted by Crippen LogP contribution is -2.34. The smallest absolute Gasteiger partial charge is 0.254 e. The first-order chi connectivity index (χ1) is 11.6. The third-order valence-electron chi connectivity index (χ3n) is 4.44. The van der Waals surface area contributed by atoms with Crippen LogP contribution in [0.5, 0.6) is 0 Å². The molecule has 1 fully saturated rings. The van der Waals surface area contributed by atoms with Crippen LogP contribution in [-0.2, 0) is 0 Å². The Balaban J connectivity index is 1.75. The van der Waals surface area contributed by atoms with Gasteiger partial charge in [0.25, 0.3) is 5.91 Å². The van der Waals surface area contributed by atoms with Crippen molar-refractivity contribution in [3.05, 3.63) is 47.7 Å². The summed E-state index contributed by atoms with van der Waals surface area (Å²) in [6.45, 7) is 5.33. The minimum absolute atomic E-state index is 0.0529. The number of rotatable bonds is 4. The van der Waals surface area contributed by atoms with E-state index in [4.69, 9.17) is 5.73 Å². The van der Waals surface area contributed by atoms with Crippen LogP contribution in [0.3, 0.4) is 0 Å². The molecule has 24 heavy (non-hydrogen) atoms. The maximum absolute atomic E-state index is 12.8. The maximum Gasteiger partial charge on any atom is 0.254 e. The standard InChI is InChI=1S/C18H23N5O/c1-12-6-7-17(22-21-12)20-16-5-3-4-15(9-16)18(24)23-11-14(10-19)8-13(23)2/h3-7,9,13-14H,8,10-11,19H2,1-2H3,(H,20,22). The van der Waals surface area contributed by atoms with Crippen molar-refractivity contribution in [2.45, 2.75) is 26.3 Å². The molecule has 1 aromatic heterocycles. The molecule has 0 saturated carbocycles. The Labute approximate surface area is 142 Å². The molecule has 2 aromatic rings. The molecule has 6 nitrogen and oxygen atoms in total. The molecule has 0 radical (unpaired) electrons. The Morgan fingerprint density at radius 1 is 1.33 bits per heavy atom. The molecule has 6 heteroatoms. The van der Waals surface area contributed by atoms with Crippen LogP contribution < -0.4 is 11.1 Å². The average molecular weight is 325 g/mol. The Kier molecular flexibility index (Phi) is 4.76. The highest BCUT2D eigenvalue weighted by molar-refractivity contribution is 5.95. The summed E-state index contributed by atoms with van der Waals surface area (Å²) in [7, 11) is 0. The summed E-state index contributed by atoms with van der Waals surface area (Å²) >= 11 is 0. The zero-order valence-electron chi connectivity index (χ0n) is 14.1. The summed E-state index contributed by atoms with van der Waals surface area (Å²) in [5.74, 6) is 1.10. The predicted molar refractivity (Wildman–Crippen MR) is 94.2 cm³/mol. The van der Waals surface area contributed by atoms with Crippen LogP contribution in [0.25, 0.3) is 0 Å². The van der Waals surface area contributed by atoms with Gasteiger partial charge in [-0.1, -0.05) is 6.07 Å². The summed E-state index contributed by atoms with van der Waals surface area (Å²) in [5.41, 5.74) is 8.11. The van der Waals surface area contributed by atoms with Crippen LogP contribution in [-0.4, -0.2) is 40.1 Å². The van der Waals surface area contributed by atoms with Crippen LogP contribution in [0.1, 0.15) is 29.4 Å². The monoisotopic (exact) mass is 325 g/mol. The van der Waals surface area contributed by atoms with E-state index in [9.17, 15) is 4.79 Å². The predicted octanol–water partition coefficient (Wildman–Crippen LogP) is 2.34. The van der Waals surface area contributed by atoms with E-state index in [2.05, 4.69) is 22.4 Å². The molecular weight excluding hydrogens is 302 g/mol. The third-order valence-corrected chi connectivity index (χ3v) is 4.44. The van der Waals surface area contributed by atoms with E-state index < -0.39 is 0 Å². The molecule has 3 rings (SSSR count). The number of benzene rings is 1. The maximum atomic E-state index is 12.8. The molecule has 0 bridgehead atoms. The molecule has 1 saturated heterocycles. The quantitative estimate of drug-likeness (QED) is 0.901. The van der Waals surface area contributed by atoms with Gasteiger partial charge >= 0.3 is 0 Å². The van der Waals surface area contributed by atoms with Gasteiger partial charge in [-0.15, -0.1) is 5.10 Å². The van der Waals surface area contributed by atoms with Gasteiger partial charge in [0.1, 0.15) is 0 Å². The van der Waals surface area contributed by atoms with Gasteiger partial charge in [-0.25, -0.2) is 0 Å². The molecule has 1 amide bonds. The summed E-state index contributed by atoms with van der Waals surface area (Å²) in [5, 5.41) is 11.3. The molecule has 0 spiro atoms. The molecule has 126 valence electrons. The lowest BCUT2D eigenvalue weighted by atomic mass is 10.1. The van der Waals surface area contributed by atoms with E-state index in [1.54, 1.807) is 0 Å². The van der Waals surface area contributed by atoms with E-state index in [1.807, 2.05) is 48.2 Å². The summed E-state index contributed by atoms with van der Waals surface area (Å²) in [4.78, 5) is 14.7. The Bertz CT molecular complexity index is 716. The van der Waals surface area contributed by atoms with Crippen LogP contribution in [0.15, 0.2) is 36.4 Å². The van der Waals surface area contributed by atoms with Crippen LogP contribution >= 0.6 is 0 Å². The molecule has 3 N–H and O–H groups in total. The van der Waals surface area contributed by atoms with Gasteiger partial charge < -0.3 is 16.0 Å². The van der Waals surface area contributed by atoms with E-state index in [0.717, 1.165) is 24.3 Å². The van der Waals surface area contributed by atoms with Gasteiger partial charge in [0.15, 0.2) is 5.82 Å². The topological polar surface area (TPSA) is 84.1 Å². The first-order valence-electron chi connectivity index (χ1n) is 8.25. The number of carbonyl (C=O) groups excluding carboxylic acids is 1. The highest BCUT2D eigenvalue weighted by Gasteiger charge is 2.32. The molecule has 1 aliphatic heterocycles. The van der Waals surface area contributed by atoms with E-state index in [1.165, 1.54) is 0 Å². The van der Waals surface area contributed by atoms with Gasteiger partial charge in [-0.05, 0) is 63.1 Å². The normalized spacial score (nSPS) is 20.2. The van der Waals surface area contributed by atoms with E-state index >= 15 is 0 Å². The fraction of sp³-hybridized carbons (Fsp3) is 0.389. The number of nitrogens with one attached hydrogen (secondary N) is 1. The highest BCUT2D eigenvalue weighted by atomic mass is 16.2. The van der Waals surface area contributed by atoms with Crippen molar-refractivity contribution < 1.29 is 4.79 Å². The molecular formula is C18H23N5O. The van der Waals surface area contributed by atoms with Crippen molar-refractivity contribution in [2.75, 3.05) is 18.4 Å². The van der Waals surface area contributed by atoms with Crippen molar-refractivity contribution in [3.8, 4) is 0 Å². The Morgan fingerprint density at radius 2 is 2.17 bits per heavy atom.